The van der Waals surface area contributed by atoms with Crippen LogP contribution in [-0.2, 0) is 11.3 Å². The average molecular weight is 411 g/mol. The van der Waals surface area contributed by atoms with E-state index in [-0.39, 0.29) is 5.91 Å². The third-order valence-electron chi connectivity index (χ3n) is 5.40. The molecule has 1 aliphatic rings. The summed E-state index contributed by atoms with van der Waals surface area (Å²) >= 11 is 1.67. The van der Waals surface area contributed by atoms with E-state index in [4.69, 9.17) is 4.42 Å². The molecule has 7 heteroatoms. The monoisotopic (exact) mass is 410 g/mol. The van der Waals surface area contributed by atoms with Crippen LogP contribution in [0.5, 0.6) is 0 Å². The average Bonchev–Trinajstić information content (AvgIpc) is 3.39. The number of aromatic nitrogens is 1. The quantitative estimate of drug-likeness (QED) is 0.670. The number of aryl methyl sites for hydroxylation is 1. The molecule has 1 N–H and O–H groups in total. The number of hydrogen-bond acceptors (Lipinski definition) is 6. The molecule has 0 bridgehead atoms. The third-order valence-corrected chi connectivity index (χ3v) is 6.23. The summed E-state index contributed by atoms with van der Waals surface area (Å²) in [7, 11) is 0. The van der Waals surface area contributed by atoms with Crippen LogP contribution in [0, 0.1) is 13.8 Å². The van der Waals surface area contributed by atoms with Crippen molar-refractivity contribution < 1.29 is 9.21 Å². The molecule has 4 rings (SSSR count). The van der Waals surface area contributed by atoms with Crippen LogP contribution in [0.25, 0.3) is 11.5 Å². The summed E-state index contributed by atoms with van der Waals surface area (Å²) in [5.74, 6) is 0.863. The number of thiazole rings is 1. The van der Waals surface area contributed by atoms with Crippen molar-refractivity contribution >= 4 is 22.9 Å². The highest BCUT2D eigenvalue weighted by Crippen LogP contribution is 2.23. The van der Waals surface area contributed by atoms with E-state index in [1.54, 1.807) is 17.6 Å². The zero-order chi connectivity index (χ0) is 20.2. The Balaban J connectivity index is 1.24. The van der Waals surface area contributed by atoms with Crippen LogP contribution < -0.4 is 5.32 Å². The Bertz CT molecular complexity index is 959. The van der Waals surface area contributed by atoms with E-state index in [0.717, 1.165) is 60.4 Å². The summed E-state index contributed by atoms with van der Waals surface area (Å²) in [5, 5.41) is 6.19. The lowest BCUT2D eigenvalue weighted by Gasteiger charge is -2.33. The van der Waals surface area contributed by atoms with Gasteiger partial charge in [0.2, 0.25) is 5.91 Å². The highest BCUT2D eigenvalue weighted by atomic mass is 32.1. The predicted molar refractivity (Wildman–Crippen MR) is 116 cm³/mol. The molecule has 6 nitrogen and oxygen atoms in total. The number of nitrogens with one attached hydrogen (secondary N) is 1. The first kappa shape index (κ1) is 19.8. The maximum Gasteiger partial charge on any atom is 0.238 e. The Kier molecular flexibility index (Phi) is 6.08. The molecule has 3 aromatic rings. The summed E-state index contributed by atoms with van der Waals surface area (Å²) in [6.45, 7) is 9.02. The zero-order valence-electron chi connectivity index (χ0n) is 16.9. The second-order valence-electron chi connectivity index (χ2n) is 7.45. The smallest absolute Gasteiger partial charge is 0.238 e. The summed E-state index contributed by atoms with van der Waals surface area (Å²) in [6.07, 6.45) is 1.67. The molecular weight excluding hydrogens is 384 g/mol. The summed E-state index contributed by atoms with van der Waals surface area (Å²) in [4.78, 5) is 21.7. The maximum atomic E-state index is 12.4. The lowest BCUT2D eigenvalue weighted by Crippen LogP contribution is -2.48. The van der Waals surface area contributed by atoms with Gasteiger partial charge in [0.25, 0.3) is 0 Å². The van der Waals surface area contributed by atoms with Gasteiger partial charge in [-0.3, -0.25) is 14.6 Å². The van der Waals surface area contributed by atoms with Crippen LogP contribution in [0.3, 0.4) is 0 Å². The minimum absolute atomic E-state index is 0.0511. The van der Waals surface area contributed by atoms with Crippen molar-refractivity contribution in [2.75, 3.05) is 38.0 Å². The van der Waals surface area contributed by atoms with Gasteiger partial charge >= 0.3 is 0 Å². The minimum atomic E-state index is 0.0511. The number of rotatable bonds is 6. The van der Waals surface area contributed by atoms with Gasteiger partial charge < -0.3 is 9.73 Å². The van der Waals surface area contributed by atoms with E-state index >= 15 is 0 Å². The summed E-state index contributed by atoms with van der Waals surface area (Å²) in [6, 6.07) is 9.81. The molecule has 2 aromatic heterocycles. The molecule has 0 radical (unpaired) electrons. The van der Waals surface area contributed by atoms with E-state index in [1.807, 2.05) is 36.6 Å². The molecule has 0 atom stereocenters. The highest BCUT2D eigenvalue weighted by molar-refractivity contribution is 7.09. The van der Waals surface area contributed by atoms with Gasteiger partial charge in [0.1, 0.15) is 10.7 Å². The number of nitrogens with zero attached hydrogens (tertiary/aromatic N) is 3. The Hall–Kier alpha value is -2.48. The topological polar surface area (TPSA) is 61.6 Å². The SMILES string of the molecule is Cc1cccc(NC(=O)CN2CCN(Cc3nc(-c4ccco4)cs3)CC2)c1C. The number of anilines is 1. The van der Waals surface area contributed by atoms with Crippen molar-refractivity contribution in [2.45, 2.75) is 20.4 Å². The van der Waals surface area contributed by atoms with Gasteiger partial charge in [0, 0.05) is 37.2 Å². The van der Waals surface area contributed by atoms with Crippen molar-refractivity contribution in [1.82, 2.24) is 14.8 Å². The summed E-state index contributed by atoms with van der Waals surface area (Å²) in [5.41, 5.74) is 4.12. The number of hydrogen-bond donors (Lipinski definition) is 1. The standard InChI is InChI=1S/C22H26N4O2S/c1-16-5-3-6-18(17(16)2)23-21(27)13-25-8-10-26(11-9-25)14-22-24-19(15-29-22)20-7-4-12-28-20/h3-7,12,15H,8-11,13-14H2,1-2H3,(H,23,27). The molecular formula is C22H26N4O2S. The molecule has 3 heterocycles. The molecule has 1 amide bonds. The first-order valence-corrected chi connectivity index (χ1v) is 10.8. The van der Waals surface area contributed by atoms with Crippen LogP contribution in [-0.4, -0.2) is 53.4 Å². The first-order valence-electron chi connectivity index (χ1n) is 9.87. The summed E-state index contributed by atoms with van der Waals surface area (Å²) < 4.78 is 5.42. The maximum absolute atomic E-state index is 12.4. The molecule has 0 aliphatic carbocycles. The Morgan fingerprint density at radius 1 is 1.14 bits per heavy atom. The second kappa shape index (κ2) is 8.90. The number of carbonyl (C=O) groups excluding carboxylic acids is 1. The number of benzene rings is 1. The normalized spacial score (nSPS) is 15.5. The van der Waals surface area contributed by atoms with Crippen molar-refractivity contribution in [1.29, 1.82) is 0 Å². The van der Waals surface area contributed by atoms with Gasteiger partial charge in [0.15, 0.2) is 5.76 Å². The fraction of sp³-hybridized carbons (Fsp3) is 0.364. The van der Waals surface area contributed by atoms with Crippen LogP contribution in [0.15, 0.2) is 46.4 Å². The van der Waals surface area contributed by atoms with Crippen LogP contribution in [0.1, 0.15) is 16.1 Å². The fourth-order valence-corrected chi connectivity index (χ4v) is 4.32. The van der Waals surface area contributed by atoms with Gasteiger partial charge in [-0.15, -0.1) is 11.3 Å². The van der Waals surface area contributed by atoms with Crippen molar-refractivity contribution in [2.24, 2.45) is 0 Å². The lowest BCUT2D eigenvalue weighted by molar-refractivity contribution is -0.117. The van der Waals surface area contributed by atoms with E-state index in [9.17, 15) is 4.79 Å². The van der Waals surface area contributed by atoms with Gasteiger partial charge in [-0.25, -0.2) is 4.98 Å². The lowest BCUT2D eigenvalue weighted by atomic mass is 10.1. The molecule has 0 saturated carbocycles. The van der Waals surface area contributed by atoms with Crippen molar-refractivity contribution in [3.8, 4) is 11.5 Å². The third kappa shape index (κ3) is 4.93. The van der Waals surface area contributed by atoms with Gasteiger partial charge in [-0.2, -0.15) is 0 Å². The molecule has 0 spiro atoms. The fourth-order valence-electron chi connectivity index (χ4n) is 3.50. The zero-order valence-corrected chi connectivity index (χ0v) is 17.7. The van der Waals surface area contributed by atoms with Crippen LogP contribution in [0.4, 0.5) is 5.69 Å². The van der Waals surface area contributed by atoms with Crippen molar-refractivity contribution in [3.05, 3.63) is 58.1 Å². The van der Waals surface area contributed by atoms with Gasteiger partial charge in [-0.1, -0.05) is 12.1 Å². The Morgan fingerprint density at radius 3 is 2.69 bits per heavy atom. The number of piperazine rings is 1. The van der Waals surface area contributed by atoms with Gasteiger partial charge in [0.05, 0.1) is 19.4 Å². The molecule has 1 saturated heterocycles. The number of furan rings is 1. The first-order chi connectivity index (χ1) is 14.1. The van der Waals surface area contributed by atoms with Gasteiger partial charge in [-0.05, 0) is 43.2 Å². The van der Waals surface area contributed by atoms with E-state index < -0.39 is 0 Å². The molecule has 1 fully saturated rings. The predicted octanol–water partition coefficient (Wildman–Crippen LogP) is 3.78. The van der Waals surface area contributed by atoms with Crippen LogP contribution in [0.2, 0.25) is 0 Å². The minimum Gasteiger partial charge on any atom is -0.463 e. The Morgan fingerprint density at radius 2 is 1.93 bits per heavy atom. The van der Waals surface area contributed by atoms with E-state index in [1.165, 1.54) is 5.56 Å². The molecule has 0 unspecified atom stereocenters. The second-order valence-corrected chi connectivity index (χ2v) is 8.39. The number of carbonyl (C=O) groups is 1. The van der Waals surface area contributed by atoms with Crippen molar-refractivity contribution in [3.63, 3.8) is 0 Å². The molecule has 1 aliphatic heterocycles. The highest BCUT2D eigenvalue weighted by Gasteiger charge is 2.20. The molecule has 152 valence electrons. The van der Waals surface area contributed by atoms with E-state index in [2.05, 4.69) is 33.1 Å². The van der Waals surface area contributed by atoms with E-state index in [0.29, 0.717) is 6.54 Å². The molecule has 29 heavy (non-hydrogen) atoms. The molecule has 1 aromatic carbocycles. The Labute approximate surface area is 175 Å². The number of amides is 1. The van der Waals surface area contributed by atoms with Crippen LogP contribution >= 0.6 is 11.3 Å². The largest absolute Gasteiger partial charge is 0.463 e.